The van der Waals surface area contributed by atoms with Crippen LogP contribution in [0, 0.1) is 6.92 Å². The summed E-state index contributed by atoms with van der Waals surface area (Å²) in [6.07, 6.45) is 1.69. The summed E-state index contributed by atoms with van der Waals surface area (Å²) in [5.41, 5.74) is 4.34. The van der Waals surface area contributed by atoms with Crippen molar-refractivity contribution >= 4 is 11.9 Å². The number of anilines is 1. The Morgan fingerprint density at radius 2 is 1.84 bits per heavy atom. The zero-order valence-corrected chi connectivity index (χ0v) is 19.0. The first kappa shape index (κ1) is 22.0. The molecule has 1 saturated heterocycles. The Balaban J connectivity index is 1.74. The number of ether oxygens (including phenoxy) is 1. The van der Waals surface area contributed by atoms with E-state index in [1.165, 1.54) is 0 Å². The lowest BCUT2D eigenvalue weighted by Gasteiger charge is -2.29. The molecule has 3 aromatic rings. The molecule has 0 saturated carbocycles. The van der Waals surface area contributed by atoms with Crippen molar-refractivity contribution < 1.29 is 9.53 Å². The quantitative estimate of drug-likeness (QED) is 0.582. The first-order valence-electron chi connectivity index (χ1n) is 11.1. The van der Waals surface area contributed by atoms with E-state index >= 15 is 0 Å². The lowest BCUT2D eigenvalue weighted by atomic mass is 10.0. The molecule has 0 aliphatic carbocycles. The topological polar surface area (TPSA) is 58.6 Å². The second kappa shape index (κ2) is 9.92. The SMILES string of the molecule is Cc1cccc(-c2nc(N3CCOCC3)ncc2C(=O)N(Cc2ccccc2)C(C)C)c1. The van der Waals surface area contributed by atoms with E-state index in [0.717, 1.165) is 29.8 Å². The highest BCUT2D eigenvalue weighted by Gasteiger charge is 2.25. The van der Waals surface area contributed by atoms with Crippen LogP contribution in [0.1, 0.15) is 35.3 Å². The van der Waals surface area contributed by atoms with Crippen molar-refractivity contribution in [2.75, 3.05) is 31.2 Å². The molecule has 6 nitrogen and oxygen atoms in total. The molecule has 6 heteroatoms. The number of carbonyl (C=O) groups excluding carboxylic acids is 1. The van der Waals surface area contributed by atoms with Crippen molar-refractivity contribution in [1.29, 1.82) is 0 Å². The van der Waals surface area contributed by atoms with E-state index in [2.05, 4.69) is 16.0 Å². The number of nitrogens with zero attached hydrogens (tertiary/aromatic N) is 4. The Hall–Kier alpha value is -3.25. The zero-order valence-electron chi connectivity index (χ0n) is 19.0. The van der Waals surface area contributed by atoms with E-state index in [-0.39, 0.29) is 11.9 Å². The summed E-state index contributed by atoms with van der Waals surface area (Å²) in [5, 5.41) is 0. The molecule has 0 atom stereocenters. The van der Waals surface area contributed by atoms with E-state index in [9.17, 15) is 4.79 Å². The molecule has 0 spiro atoms. The maximum Gasteiger partial charge on any atom is 0.258 e. The first-order chi connectivity index (χ1) is 15.5. The maximum absolute atomic E-state index is 13.8. The minimum absolute atomic E-state index is 0.0342. The molecule has 0 radical (unpaired) electrons. The van der Waals surface area contributed by atoms with Crippen LogP contribution in [0.15, 0.2) is 60.8 Å². The summed E-state index contributed by atoms with van der Waals surface area (Å²) in [4.78, 5) is 27.2. The average molecular weight is 431 g/mol. The number of aromatic nitrogens is 2. The Morgan fingerprint density at radius 3 is 2.53 bits per heavy atom. The minimum atomic E-state index is -0.0612. The monoisotopic (exact) mass is 430 g/mol. The fourth-order valence-corrected chi connectivity index (χ4v) is 3.88. The van der Waals surface area contributed by atoms with Gasteiger partial charge in [-0.1, -0.05) is 54.1 Å². The summed E-state index contributed by atoms with van der Waals surface area (Å²) in [5.74, 6) is 0.578. The van der Waals surface area contributed by atoms with Crippen LogP contribution in [0.5, 0.6) is 0 Å². The Labute approximate surface area is 189 Å². The molecular weight excluding hydrogens is 400 g/mol. The van der Waals surface area contributed by atoms with Crippen molar-refractivity contribution in [2.45, 2.75) is 33.4 Å². The van der Waals surface area contributed by atoms with E-state index < -0.39 is 0 Å². The van der Waals surface area contributed by atoms with Gasteiger partial charge in [0.15, 0.2) is 0 Å². The number of benzene rings is 2. The summed E-state index contributed by atoms with van der Waals surface area (Å²) >= 11 is 0. The molecule has 0 N–H and O–H groups in total. The Morgan fingerprint density at radius 1 is 1.09 bits per heavy atom. The summed E-state index contributed by atoms with van der Waals surface area (Å²) in [7, 11) is 0. The lowest BCUT2D eigenvalue weighted by molar-refractivity contribution is 0.0690. The molecule has 32 heavy (non-hydrogen) atoms. The molecule has 4 rings (SSSR count). The van der Waals surface area contributed by atoms with Gasteiger partial charge in [0.1, 0.15) is 0 Å². The van der Waals surface area contributed by atoms with Gasteiger partial charge in [0.2, 0.25) is 5.95 Å². The zero-order chi connectivity index (χ0) is 22.5. The minimum Gasteiger partial charge on any atom is -0.378 e. The normalized spacial score (nSPS) is 13.9. The van der Waals surface area contributed by atoms with Gasteiger partial charge >= 0.3 is 0 Å². The number of aryl methyl sites for hydroxylation is 1. The number of morpholine rings is 1. The van der Waals surface area contributed by atoms with Gasteiger partial charge in [0.05, 0.1) is 24.5 Å². The lowest BCUT2D eigenvalue weighted by Crippen LogP contribution is -2.38. The van der Waals surface area contributed by atoms with Crippen molar-refractivity contribution in [3.05, 3.63) is 77.5 Å². The third kappa shape index (κ3) is 4.97. The standard InChI is InChI=1S/C26H30N4O2/c1-19(2)30(18-21-9-5-4-6-10-21)25(31)23-17-27-26(29-12-14-32-15-13-29)28-24(23)22-11-7-8-20(3)16-22/h4-11,16-17,19H,12-15,18H2,1-3H3. The Kier molecular flexibility index (Phi) is 6.81. The second-order valence-corrected chi connectivity index (χ2v) is 8.41. The smallest absolute Gasteiger partial charge is 0.258 e. The molecule has 0 bridgehead atoms. The van der Waals surface area contributed by atoms with E-state index in [0.29, 0.717) is 37.0 Å². The predicted molar refractivity (Wildman–Crippen MR) is 127 cm³/mol. The molecule has 2 heterocycles. The fraction of sp³-hybridized carbons (Fsp3) is 0.346. The number of carbonyl (C=O) groups is 1. The van der Waals surface area contributed by atoms with Gasteiger partial charge in [0, 0.05) is 37.4 Å². The van der Waals surface area contributed by atoms with Crippen LogP contribution in [0.4, 0.5) is 5.95 Å². The van der Waals surface area contributed by atoms with Crippen LogP contribution in [0.3, 0.4) is 0 Å². The fourth-order valence-electron chi connectivity index (χ4n) is 3.88. The number of amides is 1. The maximum atomic E-state index is 13.8. The highest BCUT2D eigenvalue weighted by Crippen LogP contribution is 2.27. The molecule has 1 amide bonds. The van der Waals surface area contributed by atoms with E-state index in [4.69, 9.17) is 9.72 Å². The van der Waals surface area contributed by atoms with Crippen molar-refractivity contribution in [1.82, 2.24) is 14.9 Å². The number of rotatable bonds is 6. The third-order valence-corrected chi connectivity index (χ3v) is 5.67. The third-order valence-electron chi connectivity index (χ3n) is 5.67. The molecular formula is C26H30N4O2. The summed E-state index contributed by atoms with van der Waals surface area (Å²) < 4.78 is 5.47. The van der Waals surface area contributed by atoms with Crippen molar-refractivity contribution in [2.24, 2.45) is 0 Å². The van der Waals surface area contributed by atoms with Crippen LogP contribution in [-0.4, -0.2) is 53.1 Å². The van der Waals surface area contributed by atoms with Crippen molar-refractivity contribution in [3.8, 4) is 11.3 Å². The number of hydrogen-bond donors (Lipinski definition) is 0. The van der Waals surface area contributed by atoms with Crippen molar-refractivity contribution in [3.63, 3.8) is 0 Å². The van der Waals surface area contributed by atoms with Crippen LogP contribution in [0.25, 0.3) is 11.3 Å². The van der Waals surface area contributed by atoms with Crippen LogP contribution in [-0.2, 0) is 11.3 Å². The van der Waals surface area contributed by atoms with Gasteiger partial charge in [-0.05, 0) is 32.4 Å². The molecule has 1 aromatic heterocycles. The van der Waals surface area contributed by atoms with Gasteiger partial charge in [-0.2, -0.15) is 0 Å². The molecule has 166 valence electrons. The van der Waals surface area contributed by atoms with Gasteiger partial charge in [0.25, 0.3) is 5.91 Å². The predicted octanol–water partition coefficient (Wildman–Crippen LogP) is 4.34. The molecule has 2 aromatic carbocycles. The second-order valence-electron chi connectivity index (χ2n) is 8.41. The van der Waals surface area contributed by atoms with Gasteiger partial charge in [-0.15, -0.1) is 0 Å². The molecule has 1 aliphatic heterocycles. The average Bonchev–Trinajstić information content (AvgIpc) is 2.83. The first-order valence-corrected chi connectivity index (χ1v) is 11.1. The van der Waals surface area contributed by atoms with Gasteiger partial charge in [-0.25, -0.2) is 9.97 Å². The van der Waals surface area contributed by atoms with Crippen LogP contribution in [0.2, 0.25) is 0 Å². The molecule has 1 aliphatic rings. The van der Waals surface area contributed by atoms with E-state index in [1.807, 2.05) is 74.2 Å². The van der Waals surface area contributed by atoms with Gasteiger partial charge in [-0.3, -0.25) is 4.79 Å². The largest absolute Gasteiger partial charge is 0.378 e. The molecule has 0 unspecified atom stereocenters. The van der Waals surface area contributed by atoms with E-state index in [1.54, 1.807) is 6.20 Å². The summed E-state index contributed by atoms with van der Waals surface area (Å²) in [6, 6.07) is 18.2. The summed E-state index contributed by atoms with van der Waals surface area (Å²) in [6.45, 7) is 9.45. The van der Waals surface area contributed by atoms with Crippen LogP contribution < -0.4 is 4.90 Å². The highest BCUT2D eigenvalue weighted by atomic mass is 16.5. The highest BCUT2D eigenvalue weighted by molar-refractivity contribution is 6.00. The Bertz CT molecular complexity index is 1060. The number of hydrogen-bond acceptors (Lipinski definition) is 5. The van der Waals surface area contributed by atoms with Crippen LogP contribution >= 0.6 is 0 Å². The van der Waals surface area contributed by atoms with Gasteiger partial charge < -0.3 is 14.5 Å². The molecule has 1 fully saturated rings.